The third-order valence-corrected chi connectivity index (χ3v) is 3.73. The summed E-state index contributed by atoms with van der Waals surface area (Å²) < 4.78 is 5.87. The molecule has 2 aromatic carbocycles. The maximum atomic E-state index is 12.3. The maximum Gasteiger partial charge on any atom is 0.255 e. The number of hydrogen-bond donors (Lipinski definition) is 1. The van der Waals surface area contributed by atoms with Crippen LogP contribution in [-0.2, 0) is 0 Å². The van der Waals surface area contributed by atoms with E-state index in [1.54, 1.807) is 18.2 Å². The Hall–Kier alpha value is -2.05. The van der Waals surface area contributed by atoms with E-state index < -0.39 is 11.9 Å². The fourth-order valence-corrected chi connectivity index (χ4v) is 2.50. The van der Waals surface area contributed by atoms with Gasteiger partial charge in [0, 0.05) is 15.6 Å². The van der Waals surface area contributed by atoms with Crippen LogP contribution in [0.3, 0.4) is 0 Å². The molecular formula is C16H12BrClNO4-. The van der Waals surface area contributed by atoms with Crippen LogP contribution in [0.5, 0.6) is 5.75 Å². The van der Waals surface area contributed by atoms with E-state index in [9.17, 15) is 14.7 Å². The van der Waals surface area contributed by atoms with Crippen LogP contribution in [0.2, 0.25) is 5.02 Å². The number of carbonyl (C=O) groups is 2. The van der Waals surface area contributed by atoms with Crippen molar-refractivity contribution < 1.29 is 19.4 Å². The van der Waals surface area contributed by atoms with E-state index in [0.29, 0.717) is 21.9 Å². The summed E-state index contributed by atoms with van der Waals surface area (Å²) in [6.45, 7) is 2.28. The van der Waals surface area contributed by atoms with E-state index in [1.165, 1.54) is 18.2 Å². The van der Waals surface area contributed by atoms with Gasteiger partial charge < -0.3 is 20.0 Å². The SMILES string of the molecule is CCOc1ccc(C(=O)Nc2ccc(Br)cc2C(=O)[O-])cc1Cl. The minimum atomic E-state index is -1.38. The van der Waals surface area contributed by atoms with E-state index >= 15 is 0 Å². The third-order valence-electron chi connectivity index (χ3n) is 2.94. The van der Waals surface area contributed by atoms with Gasteiger partial charge in [0.1, 0.15) is 5.75 Å². The van der Waals surface area contributed by atoms with Gasteiger partial charge in [-0.2, -0.15) is 0 Å². The first-order chi connectivity index (χ1) is 10.9. The second-order valence-electron chi connectivity index (χ2n) is 4.51. The monoisotopic (exact) mass is 396 g/mol. The Morgan fingerprint density at radius 3 is 2.61 bits per heavy atom. The average Bonchev–Trinajstić information content (AvgIpc) is 2.51. The van der Waals surface area contributed by atoms with Gasteiger partial charge in [-0.1, -0.05) is 27.5 Å². The van der Waals surface area contributed by atoms with Crippen molar-refractivity contribution in [2.45, 2.75) is 6.92 Å². The van der Waals surface area contributed by atoms with Crippen molar-refractivity contribution in [3.8, 4) is 5.75 Å². The van der Waals surface area contributed by atoms with E-state index in [1.807, 2.05) is 6.92 Å². The molecule has 0 aromatic heterocycles. The van der Waals surface area contributed by atoms with Crippen molar-refractivity contribution in [2.75, 3.05) is 11.9 Å². The van der Waals surface area contributed by atoms with Crippen LogP contribution in [0.4, 0.5) is 5.69 Å². The van der Waals surface area contributed by atoms with Gasteiger partial charge in [-0.15, -0.1) is 0 Å². The van der Waals surface area contributed by atoms with Gasteiger partial charge in [-0.05, 0) is 43.3 Å². The third kappa shape index (κ3) is 4.24. The minimum Gasteiger partial charge on any atom is -0.545 e. The highest BCUT2D eigenvalue weighted by atomic mass is 79.9. The Morgan fingerprint density at radius 1 is 1.26 bits per heavy atom. The van der Waals surface area contributed by atoms with Crippen molar-refractivity contribution >= 4 is 45.1 Å². The Kier molecular flexibility index (Phi) is 5.63. The van der Waals surface area contributed by atoms with Crippen LogP contribution in [-0.4, -0.2) is 18.5 Å². The summed E-state index contributed by atoms with van der Waals surface area (Å²) in [6.07, 6.45) is 0. The minimum absolute atomic E-state index is 0.121. The highest BCUT2D eigenvalue weighted by Crippen LogP contribution is 2.26. The van der Waals surface area contributed by atoms with Crippen LogP contribution >= 0.6 is 27.5 Å². The van der Waals surface area contributed by atoms with Crippen LogP contribution in [0.1, 0.15) is 27.6 Å². The average molecular weight is 398 g/mol. The zero-order chi connectivity index (χ0) is 17.0. The number of ether oxygens (including phenoxy) is 1. The van der Waals surface area contributed by atoms with Gasteiger partial charge in [-0.3, -0.25) is 4.79 Å². The molecule has 0 saturated heterocycles. The van der Waals surface area contributed by atoms with Gasteiger partial charge in [0.05, 0.1) is 23.3 Å². The molecule has 1 amide bonds. The number of benzene rings is 2. The first-order valence-corrected chi connectivity index (χ1v) is 7.84. The lowest BCUT2D eigenvalue weighted by atomic mass is 10.1. The van der Waals surface area contributed by atoms with Gasteiger partial charge in [-0.25, -0.2) is 0 Å². The molecule has 0 bridgehead atoms. The molecule has 2 aromatic rings. The number of carbonyl (C=O) groups excluding carboxylic acids is 2. The van der Waals surface area contributed by atoms with E-state index in [-0.39, 0.29) is 16.8 Å². The number of carboxylic acid groups (broad SMARTS) is 1. The van der Waals surface area contributed by atoms with Crippen molar-refractivity contribution in [1.82, 2.24) is 0 Å². The molecule has 7 heteroatoms. The second kappa shape index (κ2) is 7.48. The standard InChI is InChI=1S/C16H13BrClNO4/c1-2-23-14-6-3-9(7-12(14)18)15(20)19-13-5-4-10(17)8-11(13)16(21)22/h3-8H,2H2,1H3,(H,19,20)(H,21,22)/p-1. The fraction of sp³-hybridized carbons (Fsp3) is 0.125. The first kappa shape index (κ1) is 17.3. The van der Waals surface area contributed by atoms with Crippen molar-refractivity contribution in [3.63, 3.8) is 0 Å². The number of nitrogens with one attached hydrogen (secondary N) is 1. The summed E-state index contributed by atoms with van der Waals surface area (Å²) in [7, 11) is 0. The van der Waals surface area contributed by atoms with E-state index in [4.69, 9.17) is 16.3 Å². The highest BCUT2D eigenvalue weighted by molar-refractivity contribution is 9.10. The van der Waals surface area contributed by atoms with Crippen molar-refractivity contribution in [1.29, 1.82) is 0 Å². The van der Waals surface area contributed by atoms with Crippen LogP contribution in [0.25, 0.3) is 0 Å². The number of anilines is 1. The molecule has 0 fully saturated rings. The lowest BCUT2D eigenvalue weighted by Gasteiger charge is -2.13. The molecule has 1 N–H and O–H groups in total. The molecule has 2 rings (SSSR count). The van der Waals surface area contributed by atoms with Gasteiger partial charge in [0.2, 0.25) is 0 Å². The number of rotatable bonds is 5. The maximum absolute atomic E-state index is 12.3. The number of amides is 1. The van der Waals surface area contributed by atoms with E-state index in [2.05, 4.69) is 21.2 Å². The zero-order valence-corrected chi connectivity index (χ0v) is 14.4. The number of halogens is 2. The molecule has 0 aliphatic rings. The molecule has 0 spiro atoms. The van der Waals surface area contributed by atoms with Crippen LogP contribution < -0.4 is 15.2 Å². The topological polar surface area (TPSA) is 78.5 Å². The number of aromatic carboxylic acids is 1. The van der Waals surface area contributed by atoms with Crippen molar-refractivity contribution in [3.05, 3.63) is 57.0 Å². The van der Waals surface area contributed by atoms with Gasteiger partial charge in [0.25, 0.3) is 5.91 Å². The molecule has 0 saturated carbocycles. The van der Waals surface area contributed by atoms with Crippen LogP contribution in [0.15, 0.2) is 40.9 Å². The summed E-state index contributed by atoms with van der Waals surface area (Å²) in [5.74, 6) is -1.39. The Morgan fingerprint density at radius 2 is 2.00 bits per heavy atom. The zero-order valence-electron chi connectivity index (χ0n) is 12.1. The largest absolute Gasteiger partial charge is 0.545 e. The molecular weight excluding hydrogens is 386 g/mol. The summed E-state index contributed by atoms with van der Waals surface area (Å²) in [6, 6.07) is 9.04. The summed E-state index contributed by atoms with van der Waals surface area (Å²) in [4.78, 5) is 23.4. The lowest BCUT2D eigenvalue weighted by molar-refractivity contribution is -0.254. The predicted octanol–water partition coefficient (Wildman–Crippen LogP) is 3.12. The molecule has 0 radical (unpaired) electrons. The van der Waals surface area contributed by atoms with Gasteiger partial charge >= 0.3 is 0 Å². The summed E-state index contributed by atoms with van der Waals surface area (Å²) in [5, 5.41) is 14.0. The second-order valence-corrected chi connectivity index (χ2v) is 5.83. The quantitative estimate of drug-likeness (QED) is 0.841. The molecule has 0 unspecified atom stereocenters. The molecule has 23 heavy (non-hydrogen) atoms. The Labute approximate surface area is 146 Å². The molecule has 5 nitrogen and oxygen atoms in total. The predicted molar refractivity (Wildman–Crippen MR) is 89.0 cm³/mol. The van der Waals surface area contributed by atoms with E-state index in [0.717, 1.165) is 0 Å². The summed E-state index contributed by atoms with van der Waals surface area (Å²) >= 11 is 9.22. The number of hydrogen-bond acceptors (Lipinski definition) is 4. The summed E-state index contributed by atoms with van der Waals surface area (Å²) in [5.41, 5.74) is 0.304. The molecule has 0 aliphatic carbocycles. The molecule has 120 valence electrons. The lowest BCUT2D eigenvalue weighted by Crippen LogP contribution is -2.25. The smallest absolute Gasteiger partial charge is 0.255 e. The molecule has 0 aliphatic heterocycles. The Bertz CT molecular complexity index is 764. The molecule has 0 atom stereocenters. The Balaban J connectivity index is 2.26. The van der Waals surface area contributed by atoms with Gasteiger partial charge in [0.15, 0.2) is 0 Å². The number of carboxylic acids is 1. The van der Waals surface area contributed by atoms with Crippen molar-refractivity contribution in [2.24, 2.45) is 0 Å². The highest BCUT2D eigenvalue weighted by Gasteiger charge is 2.12. The normalized spacial score (nSPS) is 10.2. The fourth-order valence-electron chi connectivity index (χ4n) is 1.90. The van der Waals surface area contributed by atoms with Crippen LogP contribution in [0, 0.1) is 0 Å². The first-order valence-electron chi connectivity index (χ1n) is 6.67. The molecule has 0 heterocycles.